The maximum Gasteiger partial charge on any atom is 0.244 e. The van der Waals surface area contributed by atoms with Crippen molar-refractivity contribution in [2.45, 2.75) is 52.6 Å². The molecular formula is C28H32N2O2. The fraction of sp³-hybridized carbons (Fsp3) is 0.357. The van der Waals surface area contributed by atoms with E-state index in [1.165, 1.54) is 0 Å². The standard InChI is InChI=1S/C28H32N2O2/c1-19(2)30(20(3)4)27(31)28(5,18-29)26(24-15-9-10-17-25(24)32-6)23-16-11-13-21-12-7-8-14-22(21)23/h7-17,19-20,26H,1-6H3. The molecule has 4 nitrogen and oxygen atoms in total. The Morgan fingerprint density at radius 1 is 0.906 bits per heavy atom. The van der Waals surface area contributed by atoms with Crippen LogP contribution in [-0.4, -0.2) is 30.0 Å². The topological polar surface area (TPSA) is 53.3 Å². The van der Waals surface area contributed by atoms with Gasteiger partial charge < -0.3 is 9.64 Å². The highest BCUT2D eigenvalue weighted by Gasteiger charge is 2.48. The number of fused-ring (bicyclic) bond motifs is 1. The van der Waals surface area contributed by atoms with Gasteiger partial charge in [-0.3, -0.25) is 4.79 Å². The first-order valence-electron chi connectivity index (χ1n) is 11.1. The Morgan fingerprint density at radius 2 is 1.47 bits per heavy atom. The SMILES string of the molecule is COc1ccccc1C(c1cccc2ccccc12)C(C)(C#N)C(=O)N(C(C)C)C(C)C. The highest BCUT2D eigenvalue weighted by Crippen LogP contribution is 2.47. The molecule has 0 aliphatic heterocycles. The van der Waals surface area contributed by atoms with Crippen LogP contribution in [0.3, 0.4) is 0 Å². The third kappa shape index (κ3) is 4.08. The number of hydrogen-bond donors (Lipinski definition) is 0. The van der Waals surface area contributed by atoms with E-state index in [2.05, 4.69) is 24.3 Å². The Bertz CT molecular complexity index is 1130. The maximum absolute atomic E-state index is 14.1. The largest absolute Gasteiger partial charge is 0.496 e. The Hall–Kier alpha value is -3.32. The summed E-state index contributed by atoms with van der Waals surface area (Å²) in [6.07, 6.45) is 0. The van der Waals surface area contributed by atoms with Gasteiger partial charge in [0.25, 0.3) is 0 Å². The summed E-state index contributed by atoms with van der Waals surface area (Å²) in [5.41, 5.74) is 0.432. The van der Waals surface area contributed by atoms with Crippen molar-refractivity contribution in [2.75, 3.05) is 7.11 Å². The zero-order chi connectivity index (χ0) is 23.5. The molecule has 4 heteroatoms. The number of carbonyl (C=O) groups excluding carboxylic acids is 1. The van der Waals surface area contributed by atoms with Gasteiger partial charge >= 0.3 is 0 Å². The van der Waals surface area contributed by atoms with Crippen LogP contribution < -0.4 is 4.74 Å². The third-order valence-corrected chi connectivity index (χ3v) is 6.19. The molecule has 0 saturated heterocycles. The molecule has 0 aromatic heterocycles. The molecule has 0 heterocycles. The van der Waals surface area contributed by atoms with Crippen molar-refractivity contribution < 1.29 is 9.53 Å². The molecule has 0 N–H and O–H groups in total. The van der Waals surface area contributed by atoms with E-state index in [-0.39, 0.29) is 18.0 Å². The molecule has 32 heavy (non-hydrogen) atoms. The number of nitrogens with zero attached hydrogens (tertiary/aromatic N) is 2. The second-order valence-electron chi connectivity index (χ2n) is 8.96. The van der Waals surface area contributed by atoms with Gasteiger partial charge in [0.2, 0.25) is 5.91 Å². The van der Waals surface area contributed by atoms with Crippen LogP contribution in [0.15, 0.2) is 66.7 Å². The van der Waals surface area contributed by atoms with Crippen LogP contribution in [0.5, 0.6) is 5.75 Å². The first-order chi connectivity index (χ1) is 15.3. The molecule has 0 aliphatic carbocycles. The summed E-state index contributed by atoms with van der Waals surface area (Å²) in [7, 11) is 1.62. The number of amides is 1. The van der Waals surface area contributed by atoms with E-state index in [4.69, 9.17) is 4.74 Å². The minimum atomic E-state index is -1.34. The predicted molar refractivity (Wildman–Crippen MR) is 130 cm³/mol. The van der Waals surface area contributed by atoms with Gasteiger partial charge in [0, 0.05) is 23.6 Å². The van der Waals surface area contributed by atoms with Gasteiger partial charge in [-0.15, -0.1) is 0 Å². The average Bonchev–Trinajstić information content (AvgIpc) is 2.79. The molecule has 0 fully saturated rings. The molecule has 0 bridgehead atoms. The quantitative estimate of drug-likeness (QED) is 0.453. The molecule has 0 radical (unpaired) electrons. The molecule has 2 atom stereocenters. The van der Waals surface area contributed by atoms with Crippen LogP contribution in [0.25, 0.3) is 10.8 Å². The van der Waals surface area contributed by atoms with Crippen LogP contribution in [-0.2, 0) is 4.79 Å². The van der Waals surface area contributed by atoms with Crippen LogP contribution in [0.2, 0.25) is 0 Å². The van der Waals surface area contributed by atoms with Gasteiger partial charge in [-0.2, -0.15) is 5.26 Å². The summed E-state index contributed by atoms with van der Waals surface area (Å²) >= 11 is 0. The number of hydrogen-bond acceptors (Lipinski definition) is 3. The molecular weight excluding hydrogens is 396 g/mol. The molecule has 3 aromatic rings. The summed E-state index contributed by atoms with van der Waals surface area (Å²) < 4.78 is 5.70. The monoisotopic (exact) mass is 428 g/mol. The highest BCUT2D eigenvalue weighted by atomic mass is 16.5. The molecule has 166 valence electrons. The normalized spacial score (nSPS) is 14.1. The molecule has 2 unspecified atom stereocenters. The average molecular weight is 429 g/mol. The van der Waals surface area contributed by atoms with Gasteiger partial charge in [-0.1, -0.05) is 60.7 Å². The third-order valence-electron chi connectivity index (χ3n) is 6.19. The lowest BCUT2D eigenvalue weighted by Gasteiger charge is -2.40. The van der Waals surface area contributed by atoms with E-state index in [1.54, 1.807) is 14.0 Å². The maximum atomic E-state index is 14.1. The second kappa shape index (κ2) is 9.44. The first-order valence-corrected chi connectivity index (χ1v) is 11.1. The lowest BCUT2D eigenvalue weighted by atomic mass is 9.68. The van der Waals surface area contributed by atoms with Gasteiger partial charge in [0.05, 0.1) is 13.2 Å². The van der Waals surface area contributed by atoms with E-state index in [9.17, 15) is 10.1 Å². The van der Waals surface area contributed by atoms with Crippen molar-refractivity contribution in [3.63, 3.8) is 0 Å². The zero-order valence-electron chi connectivity index (χ0n) is 19.8. The number of benzene rings is 3. The smallest absolute Gasteiger partial charge is 0.244 e. The van der Waals surface area contributed by atoms with Crippen molar-refractivity contribution in [1.29, 1.82) is 5.26 Å². The van der Waals surface area contributed by atoms with Crippen LogP contribution in [0, 0.1) is 16.7 Å². The fourth-order valence-electron chi connectivity index (χ4n) is 4.77. The number of rotatable bonds is 7. The zero-order valence-corrected chi connectivity index (χ0v) is 19.8. The van der Waals surface area contributed by atoms with Crippen molar-refractivity contribution in [3.05, 3.63) is 77.9 Å². The summed E-state index contributed by atoms with van der Waals surface area (Å²) in [6.45, 7) is 9.74. The van der Waals surface area contributed by atoms with E-state index in [1.807, 2.05) is 81.1 Å². The lowest BCUT2D eigenvalue weighted by molar-refractivity contribution is -0.142. The Kier molecular flexibility index (Phi) is 6.89. The van der Waals surface area contributed by atoms with Crippen molar-refractivity contribution in [1.82, 2.24) is 4.90 Å². The van der Waals surface area contributed by atoms with Gasteiger partial charge in [0.1, 0.15) is 11.2 Å². The first kappa shape index (κ1) is 23.3. The van der Waals surface area contributed by atoms with Crippen molar-refractivity contribution in [3.8, 4) is 11.8 Å². The summed E-state index contributed by atoms with van der Waals surface area (Å²) in [5.74, 6) is -0.0172. The van der Waals surface area contributed by atoms with Crippen LogP contribution >= 0.6 is 0 Å². The van der Waals surface area contributed by atoms with Crippen LogP contribution in [0.1, 0.15) is 51.7 Å². The minimum absolute atomic E-state index is 0.0268. The lowest BCUT2D eigenvalue weighted by Crippen LogP contribution is -2.51. The van der Waals surface area contributed by atoms with E-state index >= 15 is 0 Å². The summed E-state index contributed by atoms with van der Waals surface area (Å²) in [4.78, 5) is 15.9. The summed E-state index contributed by atoms with van der Waals surface area (Å²) in [6, 6.07) is 24.2. The molecule has 3 aromatic carbocycles. The number of carbonyl (C=O) groups is 1. The second-order valence-corrected chi connectivity index (χ2v) is 8.96. The molecule has 0 saturated carbocycles. The number of para-hydroxylation sites is 1. The number of nitriles is 1. The highest BCUT2D eigenvalue weighted by molar-refractivity contribution is 5.91. The van der Waals surface area contributed by atoms with Gasteiger partial charge in [0.15, 0.2) is 0 Å². The fourth-order valence-corrected chi connectivity index (χ4v) is 4.77. The minimum Gasteiger partial charge on any atom is -0.496 e. The van der Waals surface area contributed by atoms with Crippen LogP contribution in [0.4, 0.5) is 0 Å². The summed E-state index contributed by atoms with van der Waals surface area (Å²) in [5, 5.41) is 12.7. The van der Waals surface area contributed by atoms with Crippen molar-refractivity contribution in [2.24, 2.45) is 5.41 Å². The Balaban J connectivity index is 2.36. The Labute approximate surface area is 191 Å². The van der Waals surface area contributed by atoms with E-state index in [0.717, 1.165) is 21.9 Å². The van der Waals surface area contributed by atoms with E-state index in [0.29, 0.717) is 5.75 Å². The van der Waals surface area contributed by atoms with Gasteiger partial charge in [-0.25, -0.2) is 0 Å². The van der Waals surface area contributed by atoms with E-state index < -0.39 is 11.3 Å². The molecule has 1 amide bonds. The van der Waals surface area contributed by atoms with Crippen molar-refractivity contribution >= 4 is 16.7 Å². The molecule has 0 spiro atoms. The van der Waals surface area contributed by atoms with Gasteiger partial charge in [-0.05, 0) is 57.0 Å². The number of ether oxygens (including phenoxy) is 1. The number of methoxy groups -OCH3 is 1. The molecule has 3 rings (SSSR count). The molecule has 0 aliphatic rings. The Morgan fingerprint density at radius 3 is 2.09 bits per heavy atom. The predicted octanol–water partition coefficient (Wildman–Crippen LogP) is 6.16.